The van der Waals surface area contributed by atoms with E-state index < -0.39 is 0 Å². The molecule has 0 saturated carbocycles. The number of rotatable bonds is 9. The molecule has 18 heavy (non-hydrogen) atoms. The van der Waals surface area contributed by atoms with E-state index in [1.807, 2.05) is 6.07 Å². The molecule has 3 heteroatoms. The lowest BCUT2D eigenvalue weighted by atomic mass is 10.0. The molecule has 1 rings (SSSR count). The summed E-state index contributed by atoms with van der Waals surface area (Å²) in [5, 5.41) is 9.23. The van der Waals surface area contributed by atoms with Gasteiger partial charge in [0.1, 0.15) is 0 Å². The highest BCUT2D eigenvalue weighted by Crippen LogP contribution is 2.23. The molecule has 0 radical (unpaired) electrons. The van der Waals surface area contributed by atoms with Crippen LogP contribution in [0, 0.1) is 0 Å². The first-order valence-corrected chi connectivity index (χ1v) is 6.93. The Balaban J connectivity index is 2.78. The van der Waals surface area contributed by atoms with Crippen molar-refractivity contribution >= 4 is 0 Å². The highest BCUT2D eigenvalue weighted by Gasteiger charge is 2.18. The van der Waals surface area contributed by atoms with Gasteiger partial charge in [-0.05, 0) is 31.5 Å². The number of hydrogen-bond acceptors (Lipinski definition) is 3. The Morgan fingerprint density at radius 3 is 2.50 bits per heavy atom. The average molecular weight is 250 g/mol. The summed E-state index contributed by atoms with van der Waals surface area (Å²) in [5.74, 6) is 0. The SMILES string of the molecule is CCCCN(CCO)C(CCN)c1ccccc1. The van der Waals surface area contributed by atoms with Gasteiger partial charge in [-0.25, -0.2) is 0 Å². The first-order chi connectivity index (χ1) is 8.83. The zero-order chi connectivity index (χ0) is 13.2. The molecule has 0 spiro atoms. The van der Waals surface area contributed by atoms with E-state index in [1.54, 1.807) is 0 Å². The van der Waals surface area contributed by atoms with Gasteiger partial charge < -0.3 is 10.8 Å². The number of unbranched alkanes of at least 4 members (excludes halogenated alkanes) is 1. The molecule has 3 nitrogen and oxygen atoms in total. The molecule has 1 unspecified atom stereocenters. The summed E-state index contributed by atoms with van der Waals surface area (Å²) in [4.78, 5) is 2.35. The fraction of sp³-hybridized carbons (Fsp3) is 0.600. The van der Waals surface area contributed by atoms with E-state index in [2.05, 4.69) is 36.1 Å². The van der Waals surface area contributed by atoms with Gasteiger partial charge in [0.2, 0.25) is 0 Å². The van der Waals surface area contributed by atoms with E-state index in [1.165, 1.54) is 12.0 Å². The summed E-state index contributed by atoms with van der Waals surface area (Å²) in [6.07, 6.45) is 3.27. The second kappa shape index (κ2) is 9.09. The molecule has 0 saturated heterocycles. The second-order valence-electron chi connectivity index (χ2n) is 4.62. The highest BCUT2D eigenvalue weighted by molar-refractivity contribution is 5.19. The number of aliphatic hydroxyl groups excluding tert-OH is 1. The van der Waals surface area contributed by atoms with Gasteiger partial charge in [-0.1, -0.05) is 43.7 Å². The maximum Gasteiger partial charge on any atom is 0.0558 e. The predicted octanol–water partition coefficient (Wildman–Crippen LogP) is 2.17. The third-order valence-electron chi connectivity index (χ3n) is 3.25. The van der Waals surface area contributed by atoms with Crippen molar-refractivity contribution in [2.45, 2.75) is 32.2 Å². The van der Waals surface area contributed by atoms with Crippen molar-refractivity contribution in [1.29, 1.82) is 0 Å². The average Bonchev–Trinajstić information content (AvgIpc) is 2.42. The zero-order valence-electron chi connectivity index (χ0n) is 11.4. The summed E-state index contributed by atoms with van der Waals surface area (Å²) in [7, 11) is 0. The summed E-state index contributed by atoms with van der Waals surface area (Å²) in [5.41, 5.74) is 7.04. The number of nitrogens with two attached hydrogens (primary N) is 1. The van der Waals surface area contributed by atoms with Gasteiger partial charge in [-0.3, -0.25) is 4.90 Å². The molecular weight excluding hydrogens is 224 g/mol. The van der Waals surface area contributed by atoms with E-state index in [4.69, 9.17) is 5.73 Å². The molecule has 0 aromatic heterocycles. The molecule has 0 bridgehead atoms. The van der Waals surface area contributed by atoms with Crippen LogP contribution in [0.15, 0.2) is 30.3 Å². The molecule has 1 atom stereocenters. The standard InChI is InChI=1S/C15H26N2O/c1-2-3-11-17(12-13-18)15(9-10-16)14-7-5-4-6-8-14/h4-8,15,18H,2-3,9-13,16H2,1H3. The van der Waals surface area contributed by atoms with Gasteiger partial charge in [0.05, 0.1) is 6.61 Å². The van der Waals surface area contributed by atoms with Crippen LogP contribution in [0.3, 0.4) is 0 Å². The topological polar surface area (TPSA) is 49.5 Å². The Morgan fingerprint density at radius 1 is 1.22 bits per heavy atom. The Hall–Kier alpha value is -0.900. The first kappa shape index (κ1) is 15.2. The number of aliphatic hydroxyl groups is 1. The highest BCUT2D eigenvalue weighted by atomic mass is 16.3. The van der Waals surface area contributed by atoms with E-state index in [9.17, 15) is 5.11 Å². The van der Waals surface area contributed by atoms with Crippen molar-refractivity contribution in [1.82, 2.24) is 4.90 Å². The van der Waals surface area contributed by atoms with Gasteiger partial charge in [-0.15, -0.1) is 0 Å². The quantitative estimate of drug-likeness (QED) is 0.706. The summed E-state index contributed by atoms with van der Waals surface area (Å²) < 4.78 is 0. The molecule has 0 fully saturated rings. The normalized spacial score (nSPS) is 12.9. The lowest BCUT2D eigenvalue weighted by Gasteiger charge is -2.31. The maximum atomic E-state index is 9.23. The Morgan fingerprint density at radius 2 is 1.94 bits per heavy atom. The number of hydrogen-bond donors (Lipinski definition) is 2. The van der Waals surface area contributed by atoms with Crippen molar-refractivity contribution in [2.24, 2.45) is 5.73 Å². The summed E-state index contributed by atoms with van der Waals surface area (Å²) >= 11 is 0. The molecule has 0 aliphatic heterocycles. The molecule has 1 aromatic carbocycles. The summed E-state index contributed by atoms with van der Waals surface area (Å²) in [6.45, 7) is 4.82. The Bertz CT molecular complexity index is 303. The zero-order valence-corrected chi connectivity index (χ0v) is 11.4. The van der Waals surface area contributed by atoms with E-state index in [-0.39, 0.29) is 6.61 Å². The number of benzene rings is 1. The van der Waals surface area contributed by atoms with Crippen LogP contribution in [0.25, 0.3) is 0 Å². The molecule has 1 aromatic rings. The molecule has 0 aliphatic carbocycles. The van der Waals surface area contributed by atoms with Crippen LogP contribution in [0.1, 0.15) is 37.8 Å². The van der Waals surface area contributed by atoms with Crippen LogP contribution in [0.2, 0.25) is 0 Å². The summed E-state index contributed by atoms with van der Waals surface area (Å²) in [6, 6.07) is 10.8. The van der Waals surface area contributed by atoms with Crippen molar-refractivity contribution in [2.75, 3.05) is 26.2 Å². The van der Waals surface area contributed by atoms with Crippen molar-refractivity contribution < 1.29 is 5.11 Å². The van der Waals surface area contributed by atoms with Gasteiger partial charge >= 0.3 is 0 Å². The van der Waals surface area contributed by atoms with Crippen LogP contribution in [-0.4, -0.2) is 36.2 Å². The van der Waals surface area contributed by atoms with E-state index >= 15 is 0 Å². The van der Waals surface area contributed by atoms with Crippen molar-refractivity contribution in [3.63, 3.8) is 0 Å². The lowest BCUT2D eigenvalue weighted by Crippen LogP contribution is -2.33. The fourth-order valence-electron chi connectivity index (χ4n) is 2.31. The van der Waals surface area contributed by atoms with E-state index in [0.717, 1.165) is 25.9 Å². The Kier molecular flexibility index (Phi) is 7.65. The first-order valence-electron chi connectivity index (χ1n) is 6.93. The molecular formula is C15H26N2O. The van der Waals surface area contributed by atoms with Gasteiger partial charge in [0.15, 0.2) is 0 Å². The lowest BCUT2D eigenvalue weighted by molar-refractivity contribution is 0.143. The van der Waals surface area contributed by atoms with Crippen molar-refractivity contribution in [3.05, 3.63) is 35.9 Å². The van der Waals surface area contributed by atoms with Crippen LogP contribution in [-0.2, 0) is 0 Å². The molecule has 0 aliphatic rings. The predicted molar refractivity (Wildman–Crippen MR) is 76.4 cm³/mol. The third-order valence-corrected chi connectivity index (χ3v) is 3.25. The number of nitrogens with zero attached hydrogens (tertiary/aromatic N) is 1. The third kappa shape index (κ3) is 4.77. The van der Waals surface area contributed by atoms with Crippen molar-refractivity contribution in [3.8, 4) is 0 Å². The minimum atomic E-state index is 0.206. The largest absolute Gasteiger partial charge is 0.395 e. The molecule has 0 amide bonds. The molecule has 102 valence electrons. The van der Waals surface area contributed by atoms with Gasteiger partial charge in [0.25, 0.3) is 0 Å². The minimum Gasteiger partial charge on any atom is -0.395 e. The van der Waals surface area contributed by atoms with Crippen LogP contribution < -0.4 is 5.73 Å². The second-order valence-corrected chi connectivity index (χ2v) is 4.62. The monoisotopic (exact) mass is 250 g/mol. The molecule has 3 N–H and O–H groups in total. The molecule has 0 heterocycles. The Labute approximate surface area is 111 Å². The van der Waals surface area contributed by atoms with Crippen LogP contribution in [0.5, 0.6) is 0 Å². The van der Waals surface area contributed by atoms with Gasteiger partial charge in [-0.2, -0.15) is 0 Å². The van der Waals surface area contributed by atoms with E-state index in [0.29, 0.717) is 12.6 Å². The minimum absolute atomic E-state index is 0.206. The fourth-order valence-corrected chi connectivity index (χ4v) is 2.31. The van der Waals surface area contributed by atoms with Crippen LogP contribution in [0.4, 0.5) is 0 Å². The maximum absolute atomic E-state index is 9.23. The smallest absolute Gasteiger partial charge is 0.0558 e. The van der Waals surface area contributed by atoms with Gasteiger partial charge in [0, 0.05) is 12.6 Å². The van der Waals surface area contributed by atoms with Crippen LogP contribution >= 0.6 is 0 Å².